The molecule has 0 saturated heterocycles. The maximum absolute atomic E-state index is 12.1. The maximum atomic E-state index is 12.1. The minimum Gasteiger partial charge on any atom is -0.277 e. The number of hydrogen-bond donors (Lipinski definition) is 0. The second-order valence-corrected chi connectivity index (χ2v) is 4.34. The van der Waals surface area contributed by atoms with Crippen molar-refractivity contribution in [2.45, 2.75) is 0 Å². The summed E-state index contributed by atoms with van der Waals surface area (Å²) in [5, 5.41) is 11.5. The maximum Gasteiger partial charge on any atom is 0.270 e. The Labute approximate surface area is 113 Å². The molecule has 3 rings (SSSR count). The van der Waals surface area contributed by atoms with Crippen LogP contribution in [-0.2, 0) is 0 Å². The van der Waals surface area contributed by atoms with Gasteiger partial charge in [0.15, 0.2) is 0 Å². The van der Waals surface area contributed by atoms with E-state index in [9.17, 15) is 14.9 Å². The standard InChI is InChI=1S/C15H10N2O3/c18-15-9-6-11-10-13(17(19)20)7-8-14(11)16(15)12-4-2-1-3-5-12/h1-10H. The molecule has 0 unspecified atom stereocenters. The van der Waals surface area contributed by atoms with Gasteiger partial charge in [0, 0.05) is 29.3 Å². The van der Waals surface area contributed by atoms with Crippen LogP contribution in [0.4, 0.5) is 5.69 Å². The van der Waals surface area contributed by atoms with Gasteiger partial charge in [-0.15, -0.1) is 0 Å². The monoisotopic (exact) mass is 266 g/mol. The summed E-state index contributed by atoms with van der Waals surface area (Å²) >= 11 is 0. The van der Waals surface area contributed by atoms with Crippen LogP contribution in [0.3, 0.4) is 0 Å². The smallest absolute Gasteiger partial charge is 0.270 e. The summed E-state index contributed by atoms with van der Waals surface area (Å²) in [6.07, 6.45) is 0. The Morgan fingerprint density at radius 1 is 0.950 bits per heavy atom. The lowest BCUT2D eigenvalue weighted by Crippen LogP contribution is -2.17. The van der Waals surface area contributed by atoms with Crippen LogP contribution in [-0.4, -0.2) is 9.49 Å². The second-order valence-electron chi connectivity index (χ2n) is 4.34. The van der Waals surface area contributed by atoms with Crippen molar-refractivity contribution in [3.8, 4) is 5.69 Å². The van der Waals surface area contributed by atoms with Crippen LogP contribution < -0.4 is 5.56 Å². The number of para-hydroxylation sites is 1. The van der Waals surface area contributed by atoms with Gasteiger partial charge < -0.3 is 0 Å². The predicted molar refractivity (Wildman–Crippen MR) is 76.2 cm³/mol. The summed E-state index contributed by atoms with van der Waals surface area (Å²) in [6, 6.07) is 16.7. The van der Waals surface area contributed by atoms with E-state index in [0.29, 0.717) is 10.9 Å². The molecule has 0 atom stereocenters. The molecule has 20 heavy (non-hydrogen) atoms. The van der Waals surface area contributed by atoms with E-state index in [1.54, 1.807) is 16.7 Å². The number of pyridine rings is 1. The summed E-state index contributed by atoms with van der Waals surface area (Å²) in [5.74, 6) is 0. The fourth-order valence-corrected chi connectivity index (χ4v) is 2.19. The lowest BCUT2D eigenvalue weighted by Gasteiger charge is -2.09. The van der Waals surface area contributed by atoms with Crippen LogP contribution in [0.1, 0.15) is 0 Å². The van der Waals surface area contributed by atoms with Crippen molar-refractivity contribution in [3.05, 3.63) is 81.1 Å². The molecule has 5 nitrogen and oxygen atoms in total. The fraction of sp³-hybridized carbons (Fsp3) is 0. The first kappa shape index (κ1) is 12.1. The quantitative estimate of drug-likeness (QED) is 0.529. The molecule has 1 heterocycles. The highest BCUT2D eigenvalue weighted by atomic mass is 16.6. The molecular weight excluding hydrogens is 256 g/mol. The number of hydrogen-bond acceptors (Lipinski definition) is 3. The zero-order valence-electron chi connectivity index (χ0n) is 10.4. The third kappa shape index (κ3) is 1.95. The minimum absolute atomic E-state index is 0.00996. The van der Waals surface area contributed by atoms with Gasteiger partial charge in [-0.25, -0.2) is 0 Å². The second kappa shape index (κ2) is 4.62. The lowest BCUT2D eigenvalue weighted by atomic mass is 10.2. The number of nitro benzene ring substituents is 1. The number of nitrogens with zero attached hydrogens (tertiary/aromatic N) is 2. The first-order chi connectivity index (χ1) is 9.66. The molecule has 0 spiro atoms. The summed E-state index contributed by atoms with van der Waals surface area (Å²) in [4.78, 5) is 22.4. The van der Waals surface area contributed by atoms with E-state index in [0.717, 1.165) is 5.69 Å². The van der Waals surface area contributed by atoms with Gasteiger partial charge in [0.05, 0.1) is 10.4 Å². The molecular formula is C15H10N2O3. The van der Waals surface area contributed by atoms with Crippen LogP contribution in [0, 0.1) is 10.1 Å². The van der Waals surface area contributed by atoms with Gasteiger partial charge in [0.25, 0.3) is 11.2 Å². The third-order valence-corrected chi connectivity index (χ3v) is 3.10. The third-order valence-electron chi connectivity index (χ3n) is 3.10. The van der Waals surface area contributed by atoms with Crippen molar-refractivity contribution in [1.29, 1.82) is 0 Å². The van der Waals surface area contributed by atoms with E-state index in [1.807, 2.05) is 30.3 Å². The van der Waals surface area contributed by atoms with Gasteiger partial charge in [0.2, 0.25) is 0 Å². The minimum atomic E-state index is -0.447. The number of rotatable bonds is 2. The Bertz CT molecular complexity index is 854. The molecule has 0 amide bonds. The summed E-state index contributed by atoms with van der Waals surface area (Å²) in [5.41, 5.74) is 1.22. The van der Waals surface area contributed by atoms with Crippen molar-refractivity contribution in [2.24, 2.45) is 0 Å². The van der Waals surface area contributed by atoms with Crippen LogP contribution in [0.25, 0.3) is 16.6 Å². The Morgan fingerprint density at radius 2 is 1.70 bits per heavy atom. The Kier molecular flexibility index (Phi) is 2.80. The van der Waals surface area contributed by atoms with Gasteiger partial charge in [0.1, 0.15) is 0 Å². The summed E-state index contributed by atoms with van der Waals surface area (Å²) in [6.45, 7) is 0. The Morgan fingerprint density at radius 3 is 2.40 bits per heavy atom. The molecule has 98 valence electrons. The van der Waals surface area contributed by atoms with E-state index in [-0.39, 0.29) is 11.2 Å². The van der Waals surface area contributed by atoms with Crippen molar-refractivity contribution in [2.75, 3.05) is 0 Å². The van der Waals surface area contributed by atoms with Crippen molar-refractivity contribution in [3.63, 3.8) is 0 Å². The SMILES string of the molecule is O=c1ccc2cc([N+](=O)[O-])ccc2n1-c1ccccc1. The Hall–Kier alpha value is -2.95. The van der Waals surface area contributed by atoms with Crippen LogP contribution >= 0.6 is 0 Å². The van der Waals surface area contributed by atoms with Gasteiger partial charge in [-0.3, -0.25) is 19.5 Å². The Balaban J connectivity index is 2.34. The van der Waals surface area contributed by atoms with Crippen molar-refractivity contribution >= 4 is 16.6 Å². The number of aromatic nitrogens is 1. The molecule has 0 aliphatic rings. The first-order valence-electron chi connectivity index (χ1n) is 6.02. The number of fused-ring (bicyclic) bond motifs is 1. The zero-order chi connectivity index (χ0) is 14.1. The van der Waals surface area contributed by atoms with Gasteiger partial charge in [-0.2, -0.15) is 0 Å². The van der Waals surface area contributed by atoms with E-state index < -0.39 is 4.92 Å². The summed E-state index contributed by atoms with van der Waals surface area (Å²) in [7, 11) is 0. The topological polar surface area (TPSA) is 65.1 Å². The van der Waals surface area contributed by atoms with Crippen molar-refractivity contribution in [1.82, 2.24) is 4.57 Å². The lowest BCUT2D eigenvalue weighted by molar-refractivity contribution is -0.384. The highest BCUT2D eigenvalue weighted by Gasteiger charge is 2.10. The normalized spacial score (nSPS) is 10.6. The van der Waals surface area contributed by atoms with Gasteiger partial charge in [-0.1, -0.05) is 18.2 Å². The molecule has 2 aromatic carbocycles. The molecule has 0 fully saturated rings. The molecule has 0 bridgehead atoms. The summed E-state index contributed by atoms with van der Waals surface area (Å²) < 4.78 is 1.54. The largest absolute Gasteiger partial charge is 0.277 e. The molecule has 0 saturated carbocycles. The van der Waals surface area contributed by atoms with Crippen molar-refractivity contribution < 1.29 is 4.92 Å². The van der Waals surface area contributed by atoms with E-state index in [1.165, 1.54) is 18.2 Å². The number of nitro groups is 1. The van der Waals surface area contributed by atoms with Crippen LogP contribution in [0.5, 0.6) is 0 Å². The molecule has 1 aromatic heterocycles. The zero-order valence-corrected chi connectivity index (χ0v) is 10.4. The highest BCUT2D eigenvalue weighted by molar-refractivity contribution is 5.82. The molecule has 0 aliphatic carbocycles. The fourth-order valence-electron chi connectivity index (χ4n) is 2.19. The van der Waals surface area contributed by atoms with Gasteiger partial charge >= 0.3 is 0 Å². The van der Waals surface area contributed by atoms with E-state index in [2.05, 4.69) is 0 Å². The number of benzene rings is 2. The van der Waals surface area contributed by atoms with Crippen LogP contribution in [0.2, 0.25) is 0 Å². The molecule has 0 aliphatic heterocycles. The number of non-ortho nitro benzene ring substituents is 1. The highest BCUT2D eigenvalue weighted by Crippen LogP contribution is 2.21. The molecule has 0 radical (unpaired) electrons. The molecule has 3 aromatic rings. The molecule has 5 heteroatoms. The predicted octanol–water partition coefficient (Wildman–Crippen LogP) is 2.90. The average Bonchev–Trinajstić information content (AvgIpc) is 2.47. The van der Waals surface area contributed by atoms with Gasteiger partial charge in [-0.05, 0) is 24.3 Å². The van der Waals surface area contributed by atoms with Crippen LogP contribution in [0.15, 0.2) is 65.5 Å². The average molecular weight is 266 g/mol. The van der Waals surface area contributed by atoms with E-state index >= 15 is 0 Å². The van der Waals surface area contributed by atoms with E-state index in [4.69, 9.17) is 0 Å². The first-order valence-corrected chi connectivity index (χ1v) is 6.02. The molecule has 0 N–H and O–H groups in total.